The minimum atomic E-state index is -0.616. The van der Waals surface area contributed by atoms with E-state index in [2.05, 4.69) is 26.0 Å². The van der Waals surface area contributed by atoms with Crippen LogP contribution < -0.4 is 4.74 Å². The maximum atomic E-state index is 11.5. The van der Waals surface area contributed by atoms with Gasteiger partial charge in [0.1, 0.15) is 18.5 Å². The Morgan fingerprint density at radius 1 is 1.19 bits per heavy atom. The van der Waals surface area contributed by atoms with E-state index in [4.69, 9.17) is 9.47 Å². The summed E-state index contributed by atoms with van der Waals surface area (Å²) in [5.41, 5.74) is 3.65. The van der Waals surface area contributed by atoms with E-state index in [0.717, 1.165) is 23.7 Å². The second-order valence-electron chi connectivity index (χ2n) is 8.13. The molecule has 0 radical (unpaired) electrons. The van der Waals surface area contributed by atoms with Gasteiger partial charge in [0.2, 0.25) is 0 Å². The topological polar surface area (TPSA) is 55.8 Å². The number of cyclic esters (lactones) is 1. The van der Waals surface area contributed by atoms with Crippen LogP contribution in [0.25, 0.3) is 0 Å². The number of aryl methyl sites for hydroxylation is 3. The molecule has 26 heavy (non-hydrogen) atoms. The molecule has 0 amide bonds. The Morgan fingerprint density at radius 3 is 2.69 bits per heavy atom. The van der Waals surface area contributed by atoms with Gasteiger partial charge in [0.15, 0.2) is 0 Å². The molecule has 4 nitrogen and oxygen atoms in total. The minimum absolute atomic E-state index is 0.0900. The van der Waals surface area contributed by atoms with Gasteiger partial charge in [-0.1, -0.05) is 49.8 Å². The van der Waals surface area contributed by atoms with Crippen LogP contribution >= 0.6 is 0 Å². The number of ether oxygens (including phenoxy) is 2. The smallest absolute Gasteiger partial charge is 0.308 e. The molecule has 4 heteroatoms. The normalized spacial score (nSPS) is 24.3. The van der Waals surface area contributed by atoms with Crippen LogP contribution in [0.3, 0.4) is 0 Å². The fraction of sp³-hybridized carbons (Fsp3) is 0.682. The first-order valence-corrected chi connectivity index (χ1v) is 10.1. The zero-order valence-electron chi connectivity index (χ0n) is 16.1. The zero-order valence-corrected chi connectivity index (χ0v) is 16.1. The summed E-state index contributed by atoms with van der Waals surface area (Å²) in [5.74, 6) is 1.44. The molecule has 1 N–H and O–H groups in total. The lowest BCUT2D eigenvalue weighted by Crippen LogP contribution is -2.36. The first-order chi connectivity index (χ1) is 12.5. The Labute approximate surface area is 156 Å². The third kappa shape index (κ3) is 5.23. The molecule has 2 aliphatic rings. The van der Waals surface area contributed by atoms with Crippen LogP contribution in [0.2, 0.25) is 0 Å². The molecule has 2 atom stereocenters. The summed E-state index contributed by atoms with van der Waals surface area (Å²) in [7, 11) is 0. The van der Waals surface area contributed by atoms with Crippen molar-refractivity contribution in [3.63, 3.8) is 0 Å². The van der Waals surface area contributed by atoms with Gasteiger partial charge in [-0.15, -0.1) is 0 Å². The summed E-state index contributed by atoms with van der Waals surface area (Å²) >= 11 is 0. The van der Waals surface area contributed by atoms with Gasteiger partial charge < -0.3 is 14.6 Å². The van der Waals surface area contributed by atoms with Gasteiger partial charge in [0, 0.05) is 6.42 Å². The van der Waals surface area contributed by atoms with Gasteiger partial charge in [-0.2, -0.15) is 0 Å². The molecule has 3 rings (SSSR count). The number of esters is 1. The van der Waals surface area contributed by atoms with E-state index >= 15 is 0 Å². The van der Waals surface area contributed by atoms with Gasteiger partial charge in [-0.05, 0) is 43.7 Å². The first-order valence-electron chi connectivity index (χ1n) is 10.1. The molecular formula is C22H32O4. The lowest BCUT2D eigenvalue weighted by molar-refractivity contribution is -0.162. The van der Waals surface area contributed by atoms with Crippen molar-refractivity contribution in [3.05, 3.63) is 28.8 Å². The van der Waals surface area contributed by atoms with Crippen molar-refractivity contribution < 1.29 is 19.4 Å². The second-order valence-corrected chi connectivity index (χ2v) is 8.13. The Bertz CT molecular complexity index is 619. The summed E-state index contributed by atoms with van der Waals surface area (Å²) in [5, 5.41) is 9.76. The van der Waals surface area contributed by atoms with Gasteiger partial charge in [-0.25, -0.2) is 0 Å². The van der Waals surface area contributed by atoms with Crippen LogP contribution in [-0.2, 0) is 16.0 Å². The first kappa shape index (κ1) is 19.2. The molecule has 144 valence electrons. The second kappa shape index (κ2) is 8.90. The highest BCUT2D eigenvalue weighted by Crippen LogP contribution is 2.32. The van der Waals surface area contributed by atoms with E-state index in [9.17, 15) is 9.90 Å². The molecule has 0 spiro atoms. The number of aliphatic hydroxyl groups is 1. The number of carbonyl (C=O) groups is 1. The van der Waals surface area contributed by atoms with Crippen molar-refractivity contribution in [3.8, 4) is 5.75 Å². The molecule has 1 aromatic rings. The maximum absolute atomic E-state index is 11.5. The van der Waals surface area contributed by atoms with Crippen molar-refractivity contribution in [2.75, 3.05) is 6.61 Å². The molecule has 1 saturated carbocycles. The predicted molar refractivity (Wildman–Crippen MR) is 101 cm³/mol. The Kier molecular flexibility index (Phi) is 6.58. The van der Waals surface area contributed by atoms with E-state index < -0.39 is 6.10 Å². The van der Waals surface area contributed by atoms with Crippen molar-refractivity contribution in [2.45, 2.75) is 83.8 Å². The molecule has 1 aliphatic heterocycles. The molecule has 1 saturated heterocycles. The van der Waals surface area contributed by atoms with E-state index in [0.29, 0.717) is 13.0 Å². The number of hydrogen-bond acceptors (Lipinski definition) is 4. The van der Waals surface area contributed by atoms with Gasteiger partial charge in [0.05, 0.1) is 12.5 Å². The Hall–Kier alpha value is -1.55. The number of benzene rings is 1. The van der Waals surface area contributed by atoms with Crippen LogP contribution in [0.4, 0.5) is 0 Å². The fourth-order valence-corrected chi connectivity index (χ4v) is 4.41. The van der Waals surface area contributed by atoms with Crippen molar-refractivity contribution >= 4 is 5.97 Å². The number of carbonyl (C=O) groups excluding carboxylic acids is 1. The highest BCUT2D eigenvalue weighted by atomic mass is 16.6. The Balaban J connectivity index is 1.64. The number of rotatable bonds is 6. The van der Waals surface area contributed by atoms with Crippen LogP contribution in [0.5, 0.6) is 5.75 Å². The minimum Gasteiger partial charge on any atom is -0.489 e. The quantitative estimate of drug-likeness (QED) is 0.770. The molecule has 0 aromatic heterocycles. The lowest BCUT2D eigenvalue weighted by Gasteiger charge is -2.27. The number of aliphatic hydroxyl groups excluding tert-OH is 1. The molecule has 0 unspecified atom stereocenters. The van der Waals surface area contributed by atoms with E-state index in [1.807, 2.05) is 0 Å². The Morgan fingerprint density at radius 2 is 1.96 bits per heavy atom. The van der Waals surface area contributed by atoms with Gasteiger partial charge >= 0.3 is 5.97 Å². The average molecular weight is 360 g/mol. The van der Waals surface area contributed by atoms with Gasteiger partial charge in [-0.3, -0.25) is 4.79 Å². The van der Waals surface area contributed by atoms with Crippen molar-refractivity contribution in [2.24, 2.45) is 5.92 Å². The SMILES string of the molecule is Cc1cc(C)c(OC[C@@H]2C[C@@H](O)CC(=O)O2)c(CCC2CCCCC2)c1. The molecule has 1 aliphatic carbocycles. The third-order valence-electron chi connectivity index (χ3n) is 5.69. The monoisotopic (exact) mass is 360 g/mol. The highest BCUT2D eigenvalue weighted by Gasteiger charge is 2.28. The molecule has 1 heterocycles. The van der Waals surface area contributed by atoms with Crippen LogP contribution in [0.15, 0.2) is 12.1 Å². The number of hydrogen-bond donors (Lipinski definition) is 1. The maximum Gasteiger partial charge on any atom is 0.308 e. The van der Waals surface area contributed by atoms with E-state index in [1.54, 1.807) is 0 Å². The predicted octanol–water partition coefficient (Wildman–Crippen LogP) is 4.26. The van der Waals surface area contributed by atoms with Crippen LogP contribution in [-0.4, -0.2) is 29.9 Å². The summed E-state index contributed by atoms with van der Waals surface area (Å²) < 4.78 is 11.4. The zero-order chi connectivity index (χ0) is 18.5. The molecule has 2 fully saturated rings. The third-order valence-corrected chi connectivity index (χ3v) is 5.69. The summed E-state index contributed by atoms with van der Waals surface area (Å²) in [6, 6.07) is 4.37. The highest BCUT2D eigenvalue weighted by molar-refractivity contribution is 5.71. The summed E-state index contributed by atoms with van der Waals surface area (Å²) in [6.07, 6.45) is 8.67. The lowest BCUT2D eigenvalue weighted by atomic mass is 9.85. The van der Waals surface area contributed by atoms with Crippen LogP contribution in [0, 0.1) is 19.8 Å². The molecular weight excluding hydrogens is 328 g/mol. The van der Waals surface area contributed by atoms with E-state index in [1.165, 1.54) is 49.7 Å². The molecule has 0 bridgehead atoms. The molecule has 1 aromatic carbocycles. The van der Waals surface area contributed by atoms with Gasteiger partial charge in [0.25, 0.3) is 0 Å². The summed E-state index contributed by atoms with van der Waals surface area (Å²) in [4.78, 5) is 11.5. The van der Waals surface area contributed by atoms with Crippen molar-refractivity contribution in [1.82, 2.24) is 0 Å². The summed E-state index contributed by atoms with van der Waals surface area (Å²) in [6.45, 7) is 4.51. The van der Waals surface area contributed by atoms with Crippen LogP contribution in [0.1, 0.15) is 68.1 Å². The fourth-order valence-electron chi connectivity index (χ4n) is 4.41. The standard InChI is InChI=1S/C22H32O4/c1-15-10-16(2)22(25-14-20-12-19(23)13-21(24)26-20)18(11-15)9-8-17-6-4-3-5-7-17/h10-11,17,19-20,23H,3-9,12-14H2,1-2H3/t19-,20+/m1/s1. The largest absolute Gasteiger partial charge is 0.489 e. The van der Waals surface area contributed by atoms with E-state index in [-0.39, 0.29) is 18.5 Å². The van der Waals surface area contributed by atoms with Crippen molar-refractivity contribution in [1.29, 1.82) is 0 Å². The average Bonchev–Trinajstić information content (AvgIpc) is 2.59.